The number of carbonyl (C=O) groups is 3. The van der Waals surface area contributed by atoms with Crippen molar-refractivity contribution >= 4 is 18.0 Å². The van der Waals surface area contributed by atoms with Crippen LogP contribution >= 0.6 is 0 Å². The Morgan fingerprint density at radius 3 is 2.41 bits per heavy atom. The molecular formula is C23H31N3O6. The van der Waals surface area contributed by atoms with E-state index in [0.717, 1.165) is 31.2 Å². The van der Waals surface area contributed by atoms with Gasteiger partial charge >= 0.3 is 12.1 Å². The smallest absolute Gasteiger partial charge is 0.415 e. The van der Waals surface area contributed by atoms with Gasteiger partial charge in [-0.1, -0.05) is 12.1 Å². The van der Waals surface area contributed by atoms with E-state index in [-0.39, 0.29) is 18.4 Å². The van der Waals surface area contributed by atoms with Crippen LogP contribution in [0.4, 0.5) is 4.79 Å². The largest absolute Gasteiger partial charge is 0.467 e. The Hall–Kier alpha value is -2.65. The summed E-state index contributed by atoms with van der Waals surface area (Å²) in [6.45, 7) is 2.03. The second-order valence-electron chi connectivity index (χ2n) is 8.66. The quantitative estimate of drug-likeness (QED) is 0.635. The highest BCUT2D eigenvalue weighted by atomic mass is 16.6. The fourth-order valence-electron chi connectivity index (χ4n) is 4.74. The first-order chi connectivity index (χ1) is 15.5. The van der Waals surface area contributed by atoms with Gasteiger partial charge in [0, 0.05) is 25.6 Å². The number of ether oxygens (including phenoxy) is 3. The molecule has 2 unspecified atom stereocenters. The molecule has 0 spiro atoms. The van der Waals surface area contributed by atoms with E-state index in [9.17, 15) is 14.4 Å². The Bertz CT molecular complexity index is 816. The van der Waals surface area contributed by atoms with Crippen LogP contribution in [0.2, 0.25) is 0 Å². The normalized spacial score (nSPS) is 25.7. The molecule has 1 aliphatic carbocycles. The minimum atomic E-state index is -0.781. The molecule has 3 saturated heterocycles. The summed E-state index contributed by atoms with van der Waals surface area (Å²) in [4.78, 5) is 39.0. The average molecular weight is 446 g/mol. The van der Waals surface area contributed by atoms with Gasteiger partial charge in [0.2, 0.25) is 5.91 Å². The molecule has 3 aliphatic heterocycles. The highest BCUT2D eigenvalue weighted by Gasteiger charge is 2.40. The van der Waals surface area contributed by atoms with Crippen LogP contribution in [0.25, 0.3) is 0 Å². The molecule has 9 heteroatoms. The molecule has 9 nitrogen and oxygen atoms in total. The Balaban J connectivity index is 1.34. The Morgan fingerprint density at radius 1 is 1.12 bits per heavy atom. The van der Waals surface area contributed by atoms with E-state index >= 15 is 0 Å². The number of hydrogen-bond donors (Lipinski definition) is 2. The third-order valence-corrected chi connectivity index (χ3v) is 6.58. The van der Waals surface area contributed by atoms with Crippen molar-refractivity contribution in [3.8, 4) is 5.75 Å². The number of rotatable bonds is 6. The lowest BCUT2D eigenvalue weighted by atomic mass is 9.76. The van der Waals surface area contributed by atoms with Gasteiger partial charge in [0.05, 0.1) is 26.4 Å². The van der Waals surface area contributed by atoms with Crippen LogP contribution < -0.4 is 15.4 Å². The van der Waals surface area contributed by atoms with E-state index in [4.69, 9.17) is 14.2 Å². The molecule has 174 valence electrons. The van der Waals surface area contributed by atoms with Crippen LogP contribution in [0.1, 0.15) is 31.2 Å². The van der Waals surface area contributed by atoms with Crippen LogP contribution in [-0.4, -0.2) is 74.4 Å². The van der Waals surface area contributed by atoms with Crippen molar-refractivity contribution in [3.63, 3.8) is 0 Å². The van der Waals surface area contributed by atoms with Gasteiger partial charge in [-0.05, 0) is 49.3 Å². The van der Waals surface area contributed by atoms with E-state index in [1.807, 2.05) is 0 Å². The minimum absolute atomic E-state index is 0.147. The van der Waals surface area contributed by atoms with Gasteiger partial charge < -0.3 is 29.7 Å². The second kappa shape index (κ2) is 10.3. The highest BCUT2D eigenvalue weighted by molar-refractivity contribution is 5.88. The Morgan fingerprint density at radius 2 is 1.81 bits per heavy atom. The summed E-state index contributed by atoms with van der Waals surface area (Å²) in [6.07, 6.45) is 4.19. The van der Waals surface area contributed by atoms with Crippen LogP contribution in [-0.2, 0) is 25.5 Å². The lowest BCUT2D eigenvalue weighted by molar-refractivity contribution is -0.145. The molecule has 2 atom stereocenters. The number of hydrogen-bond acceptors (Lipinski definition) is 7. The van der Waals surface area contributed by atoms with E-state index < -0.39 is 18.1 Å². The summed E-state index contributed by atoms with van der Waals surface area (Å²) in [5.74, 6) is 0.109. The van der Waals surface area contributed by atoms with Crippen LogP contribution in [0, 0.1) is 5.92 Å². The average Bonchev–Trinajstić information content (AvgIpc) is 2.85. The van der Waals surface area contributed by atoms with Gasteiger partial charge in [0.15, 0.2) is 0 Å². The fraction of sp³-hybridized carbons (Fsp3) is 0.609. The van der Waals surface area contributed by atoms with Crippen molar-refractivity contribution in [1.29, 1.82) is 0 Å². The summed E-state index contributed by atoms with van der Waals surface area (Å²) in [5.41, 5.74) is 0.824. The maximum Gasteiger partial charge on any atom is 0.415 e. The van der Waals surface area contributed by atoms with Gasteiger partial charge in [-0.15, -0.1) is 0 Å². The molecule has 5 rings (SSSR count). The SMILES string of the molecule is COC(=O)C(Cc1ccc(OC(=O)N2CCOCC2)cc1)NC(=O)C1NC2CCC1CC2. The first kappa shape index (κ1) is 22.5. The van der Waals surface area contributed by atoms with Gasteiger partial charge in [-0.2, -0.15) is 0 Å². The highest BCUT2D eigenvalue weighted by Crippen LogP contribution is 2.33. The number of nitrogens with one attached hydrogen (secondary N) is 2. The molecular weight excluding hydrogens is 414 g/mol. The number of fused-ring (bicyclic) bond motifs is 3. The number of amides is 2. The number of morpholine rings is 1. The maximum absolute atomic E-state index is 12.9. The van der Waals surface area contributed by atoms with Gasteiger partial charge in [-0.3, -0.25) is 4.79 Å². The first-order valence-electron chi connectivity index (χ1n) is 11.3. The molecule has 32 heavy (non-hydrogen) atoms. The van der Waals surface area contributed by atoms with E-state index in [1.165, 1.54) is 7.11 Å². The van der Waals surface area contributed by atoms with Crippen LogP contribution in [0.15, 0.2) is 24.3 Å². The number of piperidine rings is 2. The molecule has 0 radical (unpaired) electrons. The molecule has 2 bridgehead atoms. The predicted octanol–water partition coefficient (Wildman–Crippen LogP) is 1.25. The molecule has 4 fully saturated rings. The van der Waals surface area contributed by atoms with Crippen molar-refractivity contribution in [2.24, 2.45) is 5.92 Å². The summed E-state index contributed by atoms with van der Waals surface area (Å²) >= 11 is 0. The molecule has 4 aliphatic rings. The number of nitrogens with zero attached hydrogens (tertiary/aromatic N) is 1. The number of carbonyl (C=O) groups excluding carboxylic acids is 3. The zero-order chi connectivity index (χ0) is 22.5. The third kappa shape index (κ3) is 5.39. The monoisotopic (exact) mass is 445 g/mol. The Labute approximate surface area is 187 Å². The molecule has 3 heterocycles. The number of methoxy groups -OCH3 is 1. The summed E-state index contributed by atoms with van der Waals surface area (Å²) in [6, 6.07) is 6.29. The number of benzene rings is 1. The second-order valence-corrected chi connectivity index (χ2v) is 8.66. The minimum Gasteiger partial charge on any atom is -0.467 e. The van der Waals surface area contributed by atoms with E-state index in [2.05, 4.69) is 10.6 Å². The first-order valence-corrected chi connectivity index (χ1v) is 11.3. The van der Waals surface area contributed by atoms with Gasteiger partial charge in [0.1, 0.15) is 11.8 Å². The standard InChI is InChI=1S/C23H31N3O6/c1-30-22(28)19(25-21(27)20-16-4-6-17(24-20)7-5-16)14-15-2-8-18(9-3-15)32-23(29)26-10-12-31-13-11-26/h2-3,8-9,16-17,19-20,24H,4-7,10-14H2,1H3,(H,25,27). The third-order valence-electron chi connectivity index (χ3n) is 6.58. The Kier molecular flexibility index (Phi) is 7.26. The van der Waals surface area contributed by atoms with Gasteiger partial charge in [0.25, 0.3) is 0 Å². The lowest BCUT2D eigenvalue weighted by Gasteiger charge is -2.42. The van der Waals surface area contributed by atoms with E-state index in [0.29, 0.717) is 44.0 Å². The molecule has 1 aromatic rings. The van der Waals surface area contributed by atoms with Crippen LogP contribution in [0.3, 0.4) is 0 Å². The molecule has 1 saturated carbocycles. The summed E-state index contributed by atoms with van der Waals surface area (Å²) < 4.78 is 15.6. The van der Waals surface area contributed by atoms with Crippen molar-refractivity contribution in [3.05, 3.63) is 29.8 Å². The van der Waals surface area contributed by atoms with Crippen LogP contribution in [0.5, 0.6) is 5.75 Å². The summed E-state index contributed by atoms with van der Waals surface area (Å²) in [5, 5.41) is 6.29. The topological polar surface area (TPSA) is 106 Å². The lowest BCUT2D eigenvalue weighted by Crippen LogP contribution is -2.60. The van der Waals surface area contributed by atoms with Gasteiger partial charge in [-0.25, -0.2) is 9.59 Å². The molecule has 0 aromatic heterocycles. The number of esters is 1. The molecule has 1 aromatic carbocycles. The fourth-order valence-corrected chi connectivity index (χ4v) is 4.74. The van der Waals surface area contributed by atoms with Crippen molar-refractivity contribution in [2.75, 3.05) is 33.4 Å². The predicted molar refractivity (Wildman–Crippen MR) is 115 cm³/mol. The van der Waals surface area contributed by atoms with Crippen molar-refractivity contribution in [1.82, 2.24) is 15.5 Å². The molecule has 2 N–H and O–H groups in total. The maximum atomic E-state index is 12.9. The van der Waals surface area contributed by atoms with E-state index in [1.54, 1.807) is 29.2 Å². The molecule has 2 amide bonds. The zero-order valence-electron chi connectivity index (χ0n) is 18.4. The van der Waals surface area contributed by atoms with Crippen molar-refractivity contribution in [2.45, 2.75) is 50.2 Å². The summed E-state index contributed by atoms with van der Waals surface area (Å²) in [7, 11) is 1.32. The van der Waals surface area contributed by atoms with Crippen molar-refractivity contribution < 1.29 is 28.6 Å². The zero-order valence-corrected chi connectivity index (χ0v) is 18.4.